The highest BCUT2D eigenvalue weighted by molar-refractivity contribution is 6.09. The van der Waals surface area contributed by atoms with Crippen LogP contribution in [0.3, 0.4) is 0 Å². The summed E-state index contributed by atoms with van der Waals surface area (Å²) in [4.78, 5) is 4.47. The zero-order valence-corrected chi connectivity index (χ0v) is 24.8. The first-order valence-electron chi connectivity index (χ1n) is 14.4. The zero-order chi connectivity index (χ0) is 29.8. The number of hydrogen-bond donors (Lipinski definition) is 0. The van der Waals surface area contributed by atoms with Crippen LogP contribution in [0.2, 0.25) is 0 Å². The Morgan fingerprint density at radius 3 is 2.21 bits per heavy atom. The number of benzene rings is 4. The first-order chi connectivity index (χ1) is 20.8. The molecule has 0 fully saturated rings. The maximum absolute atomic E-state index is 14.2. The fourth-order valence-corrected chi connectivity index (χ4v) is 6.42. The minimum absolute atomic E-state index is 0.333. The molecule has 0 aliphatic heterocycles. The standard InChI is InChI=1S/C37H31FN4O/c1-22-17-23(2)36(24(3)18-22)37-25(4)40-42(26(37)5)28-9-8-10-29(20-28)43-30-13-14-32-31-11-6-7-12-33(31)41(34(32)21-30)35-19-27(38)15-16-39-35/h6-21H,1-5H3. The van der Waals surface area contributed by atoms with Crippen LogP contribution >= 0.6 is 0 Å². The molecule has 0 N–H and O–H groups in total. The number of fused-ring (bicyclic) bond motifs is 3. The van der Waals surface area contributed by atoms with Crippen molar-refractivity contribution in [3.8, 4) is 34.1 Å². The van der Waals surface area contributed by atoms with Gasteiger partial charge >= 0.3 is 0 Å². The lowest BCUT2D eigenvalue weighted by Crippen LogP contribution is -2.00. The second-order valence-electron chi connectivity index (χ2n) is 11.2. The smallest absolute Gasteiger partial charge is 0.140 e. The van der Waals surface area contributed by atoms with Gasteiger partial charge in [0.2, 0.25) is 0 Å². The Bertz CT molecular complexity index is 2170. The van der Waals surface area contributed by atoms with Gasteiger partial charge in [-0.2, -0.15) is 5.10 Å². The molecule has 0 atom stereocenters. The molecule has 3 heterocycles. The second-order valence-corrected chi connectivity index (χ2v) is 11.2. The molecule has 0 unspecified atom stereocenters. The Kier molecular flexibility index (Phi) is 6.35. The van der Waals surface area contributed by atoms with Gasteiger partial charge in [-0.1, -0.05) is 42.0 Å². The number of hydrogen-bond acceptors (Lipinski definition) is 3. The van der Waals surface area contributed by atoms with Crippen LogP contribution in [-0.4, -0.2) is 19.3 Å². The Labute approximate surface area is 249 Å². The molecule has 3 aromatic heterocycles. The van der Waals surface area contributed by atoms with Gasteiger partial charge in [-0.15, -0.1) is 0 Å². The molecule has 0 spiro atoms. The van der Waals surface area contributed by atoms with Crippen molar-refractivity contribution in [2.75, 3.05) is 0 Å². The number of ether oxygens (including phenoxy) is 1. The molecule has 0 amide bonds. The van der Waals surface area contributed by atoms with E-state index in [-0.39, 0.29) is 5.82 Å². The normalized spacial score (nSPS) is 11.5. The largest absolute Gasteiger partial charge is 0.457 e. The van der Waals surface area contributed by atoms with Crippen molar-refractivity contribution in [2.24, 2.45) is 0 Å². The maximum atomic E-state index is 14.2. The van der Waals surface area contributed by atoms with Crippen LogP contribution in [0.5, 0.6) is 11.5 Å². The van der Waals surface area contributed by atoms with E-state index >= 15 is 0 Å². The molecule has 0 bridgehead atoms. The molecule has 5 nitrogen and oxygen atoms in total. The first-order valence-corrected chi connectivity index (χ1v) is 14.4. The van der Waals surface area contributed by atoms with Gasteiger partial charge in [0.05, 0.1) is 22.4 Å². The van der Waals surface area contributed by atoms with E-state index in [0.29, 0.717) is 17.3 Å². The highest BCUT2D eigenvalue weighted by Crippen LogP contribution is 2.37. The Morgan fingerprint density at radius 2 is 1.42 bits per heavy atom. The first kappa shape index (κ1) is 26.7. The number of nitrogens with zero attached hydrogens (tertiary/aromatic N) is 4. The molecule has 6 heteroatoms. The number of para-hydroxylation sites is 1. The molecular weight excluding hydrogens is 535 g/mol. The number of pyridine rings is 1. The average molecular weight is 567 g/mol. The number of halogens is 1. The summed E-state index contributed by atoms with van der Waals surface area (Å²) >= 11 is 0. The summed E-state index contributed by atoms with van der Waals surface area (Å²) in [5.41, 5.74) is 11.0. The molecule has 0 aliphatic carbocycles. The summed E-state index contributed by atoms with van der Waals surface area (Å²) in [6, 6.07) is 29.3. The van der Waals surface area contributed by atoms with E-state index < -0.39 is 0 Å². The molecule has 7 aromatic rings. The minimum atomic E-state index is -0.333. The van der Waals surface area contributed by atoms with Gasteiger partial charge in [-0.25, -0.2) is 14.1 Å². The Hall–Kier alpha value is -5.23. The van der Waals surface area contributed by atoms with Gasteiger partial charge in [0.15, 0.2) is 0 Å². The van der Waals surface area contributed by atoms with Crippen molar-refractivity contribution in [1.29, 1.82) is 0 Å². The summed E-state index contributed by atoms with van der Waals surface area (Å²) in [5, 5.41) is 7.05. The van der Waals surface area contributed by atoms with Gasteiger partial charge in [-0.3, -0.25) is 4.57 Å². The molecule has 0 saturated heterocycles. The summed E-state index contributed by atoms with van der Waals surface area (Å²) < 4.78 is 24.6. The monoisotopic (exact) mass is 566 g/mol. The van der Waals surface area contributed by atoms with Crippen LogP contribution in [0, 0.1) is 40.4 Å². The summed E-state index contributed by atoms with van der Waals surface area (Å²) in [5.74, 6) is 1.55. The number of rotatable bonds is 5. The summed E-state index contributed by atoms with van der Waals surface area (Å²) in [6.45, 7) is 10.7. The third-order valence-electron chi connectivity index (χ3n) is 8.10. The summed E-state index contributed by atoms with van der Waals surface area (Å²) in [7, 11) is 0. The van der Waals surface area contributed by atoms with Crippen molar-refractivity contribution in [2.45, 2.75) is 34.6 Å². The third kappa shape index (κ3) is 4.56. The highest BCUT2D eigenvalue weighted by Gasteiger charge is 2.19. The van der Waals surface area contributed by atoms with Crippen LogP contribution in [0.1, 0.15) is 28.1 Å². The van der Waals surface area contributed by atoms with E-state index in [1.807, 2.05) is 69.9 Å². The fraction of sp³-hybridized carbons (Fsp3) is 0.135. The topological polar surface area (TPSA) is 44.9 Å². The lowest BCUT2D eigenvalue weighted by atomic mass is 9.92. The van der Waals surface area contributed by atoms with Crippen LogP contribution in [0.15, 0.2) is 97.2 Å². The molecule has 0 radical (unpaired) electrons. The highest BCUT2D eigenvalue weighted by atomic mass is 19.1. The van der Waals surface area contributed by atoms with E-state index in [2.05, 4.69) is 57.8 Å². The summed E-state index contributed by atoms with van der Waals surface area (Å²) in [6.07, 6.45) is 1.49. The Balaban J connectivity index is 1.29. The van der Waals surface area contributed by atoms with Crippen LogP contribution in [0.4, 0.5) is 4.39 Å². The van der Waals surface area contributed by atoms with Crippen LogP contribution in [0.25, 0.3) is 44.4 Å². The predicted octanol–water partition coefficient (Wildman–Crippen LogP) is 9.50. The van der Waals surface area contributed by atoms with Gasteiger partial charge in [0.25, 0.3) is 0 Å². The van der Waals surface area contributed by atoms with E-state index in [1.54, 1.807) is 0 Å². The van der Waals surface area contributed by atoms with Gasteiger partial charge < -0.3 is 4.74 Å². The fourth-order valence-electron chi connectivity index (χ4n) is 6.42. The second kappa shape index (κ2) is 10.2. The molecule has 212 valence electrons. The average Bonchev–Trinajstić information content (AvgIpc) is 3.46. The van der Waals surface area contributed by atoms with Crippen molar-refractivity contribution >= 4 is 21.8 Å². The van der Waals surface area contributed by atoms with E-state index in [1.165, 1.54) is 46.1 Å². The lowest BCUT2D eigenvalue weighted by Gasteiger charge is -2.13. The van der Waals surface area contributed by atoms with Crippen LogP contribution in [-0.2, 0) is 0 Å². The van der Waals surface area contributed by atoms with Crippen molar-refractivity contribution in [3.05, 3.63) is 131 Å². The van der Waals surface area contributed by atoms with Crippen molar-refractivity contribution in [1.82, 2.24) is 19.3 Å². The van der Waals surface area contributed by atoms with Crippen molar-refractivity contribution in [3.63, 3.8) is 0 Å². The maximum Gasteiger partial charge on any atom is 0.140 e. The van der Waals surface area contributed by atoms with Gasteiger partial charge in [-0.05, 0) is 87.7 Å². The minimum Gasteiger partial charge on any atom is -0.457 e. The number of aromatic nitrogens is 4. The third-order valence-corrected chi connectivity index (χ3v) is 8.10. The molecule has 4 aromatic carbocycles. The quantitative estimate of drug-likeness (QED) is 0.208. The molecule has 7 rings (SSSR count). The molecular formula is C37H31FN4O. The zero-order valence-electron chi connectivity index (χ0n) is 24.8. The SMILES string of the molecule is Cc1cc(C)c(-c2c(C)nn(-c3cccc(Oc4ccc5c6ccccc6n(-c6cc(F)ccn6)c5c4)c3)c2C)c(C)c1. The van der Waals surface area contributed by atoms with E-state index in [9.17, 15) is 4.39 Å². The predicted molar refractivity (Wildman–Crippen MR) is 171 cm³/mol. The van der Waals surface area contributed by atoms with Crippen molar-refractivity contribution < 1.29 is 9.13 Å². The molecule has 43 heavy (non-hydrogen) atoms. The lowest BCUT2D eigenvalue weighted by molar-refractivity contribution is 0.482. The van der Waals surface area contributed by atoms with E-state index in [0.717, 1.165) is 38.9 Å². The van der Waals surface area contributed by atoms with Crippen LogP contribution < -0.4 is 4.74 Å². The molecule has 0 aliphatic rings. The van der Waals surface area contributed by atoms with Gasteiger partial charge in [0.1, 0.15) is 23.1 Å². The number of aryl methyl sites for hydroxylation is 4. The molecule has 0 saturated carbocycles. The Morgan fingerprint density at radius 1 is 0.674 bits per heavy atom. The van der Waals surface area contributed by atoms with E-state index in [4.69, 9.17) is 9.84 Å². The van der Waals surface area contributed by atoms with Gasteiger partial charge in [0, 0.05) is 46.4 Å².